The number of hydrogen-bond donors (Lipinski definition) is 0. The van der Waals surface area contributed by atoms with Gasteiger partial charge in [-0.3, -0.25) is 4.79 Å². The van der Waals surface area contributed by atoms with Crippen molar-refractivity contribution in [3.05, 3.63) is 78.9 Å². The zero-order chi connectivity index (χ0) is 18.5. The van der Waals surface area contributed by atoms with Gasteiger partial charge in [0.2, 0.25) is 0 Å². The van der Waals surface area contributed by atoms with Crippen LogP contribution in [0.3, 0.4) is 0 Å². The van der Waals surface area contributed by atoms with Gasteiger partial charge in [-0.2, -0.15) is 0 Å². The molecule has 0 N–H and O–H groups in total. The van der Waals surface area contributed by atoms with Crippen LogP contribution in [0.2, 0.25) is 0 Å². The first kappa shape index (κ1) is 17.5. The van der Waals surface area contributed by atoms with Crippen molar-refractivity contribution in [3.63, 3.8) is 0 Å². The molecule has 0 amide bonds. The summed E-state index contributed by atoms with van der Waals surface area (Å²) in [4.78, 5) is 12.3. The molecular formula is C25H24O2. The summed E-state index contributed by atoms with van der Waals surface area (Å²) in [5, 5.41) is 0. The summed E-state index contributed by atoms with van der Waals surface area (Å²) in [6, 6.07) is 26.7. The Morgan fingerprint density at radius 1 is 0.630 bits per heavy atom. The maximum atomic E-state index is 12.3. The highest BCUT2D eigenvalue weighted by Crippen LogP contribution is 2.28. The predicted molar refractivity (Wildman–Crippen MR) is 110 cm³/mol. The molecule has 0 spiro atoms. The van der Waals surface area contributed by atoms with Crippen molar-refractivity contribution in [3.8, 4) is 28.0 Å². The van der Waals surface area contributed by atoms with Gasteiger partial charge in [-0.25, -0.2) is 0 Å². The van der Waals surface area contributed by atoms with Crippen molar-refractivity contribution in [1.82, 2.24) is 0 Å². The Kier molecular flexibility index (Phi) is 5.34. The highest BCUT2D eigenvalue weighted by atomic mass is 16.5. The van der Waals surface area contributed by atoms with Crippen LogP contribution in [0.15, 0.2) is 78.9 Å². The molecule has 0 heterocycles. The molecule has 0 aromatic heterocycles. The van der Waals surface area contributed by atoms with E-state index in [9.17, 15) is 4.79 Å². The third kappa shape index (κ3) is 4.28. The molecule has 0 saturated heterocycles. The highest BCUT2D eigenvalue weighted by Gasteiger charge is 2.22. The molecule has 0 radical (unpaired) electrons. The van der Waals surface area contributed by atoms with E-state index in [0.717, 1.165) is 36.8 Å². The Balaban J connectivity index is 1.43. The standard InChI is InChI=1S/C25H24O2/c26-25(23-9-5-2-6-10-23)27-24-17-15-22(16-18-24)21-13-11-20(12-14-21)19-7-3-1-4-8-19/h1,3-4,7-8,11-18,23H,2,5-6,9-10H2. The minimum absolute atomic E-state index is 0.0731. The summed E-state index contributed by atoms with van der Waals surface area (Å²) in [7, 11) is 0. The van der Waals surface area contributed by atoms with Gasteiger partial charge in [0, 0.05) is 0 Å². The Morgan fingerprint density at radius 2 is 1.11 bits per heavy atom. The van der Waals surface area contributed by atoms with E-state index in [0.29, 0.717) is 5.75 Å². The van der Waals surface area contributed by atoms with Crippen molar-refractivity contribution in [2.75, 3.05) is 0 Å². The second-order valence-electron chi connectivity index (χ2n) is 7.22. The number of hydrogen-bond acceptors (Lipinski definition) is 2. The quantitative estimate of drug-likeness (QED) is 0.393. The van der Waals surface area contributed by atoms with Crippen LogP contribution in [0.4, 0.5) is 0 Å². The van der Waals surface area contributed by atoms with Gasteiger partial charge in [-0.05, 0) is 47.2 Å². The van der Waals surface area contributed by atoms with Crippen LogP contribution < -0.4 is 4.74 Å². The maximum Gasteiger partial charge on any atom is 0.314 e. The van der Waals surface area contributed by atoms with Gasteiger partial charge in [0.05, 0.1) is 5.92 Å². The smallest absolute Gasteiger partial charge is 0.314 e. The number of carbonyl (C=O) groups is 1. The molecule has 3 aromatic carbocycles. The fraction of sp³-hybridized carbons (Fsp3) is 0.240. The van der Waals surface area contributed by atoms with Crippen LogP contribution in [0.1, 0.15) is 32.1 Å². The first-order valence-electron chi connectivity index (χ1n) is 9.77. The lowest BCUT2D eigenvalue weighted by molar-refractivity contribution is -0.139. The van der Waals surface area contributed by atoms with E-state index in [2.05, 4.69) is 48.5 Å². The van der Waals surface area contributed by atoms with Crippen molar-refractivity contribution in [1.29, 1.82) is 0 Å². The molecule has 0 atom stereocenters. The second-order valence-corrected chi connectivity index (χ2v) is 7.22. The molecular weight excluding hydrogens is 332 g/mol. The van der Waals surface area contributed by atoms with Gasteiger partial charge < -0.3 is 4.74 Å². The van der Waals surface area contributed by atoms with Crippen LogP contribution >= 0.6 is 0 Å². The van der Waals surface area contributed by atoms with Crippen LogP contribution in [-0.4, -0.2) is 5.97 Å². The monoisotopic (exact) mass is 356 g/mol. The summed E-state index contributed by atoms with van der Waals surface area (Å²) < 4.78 is 5.58. The zero-order valence-electron chi connectivity index (χ0n) is 15.4. The maximum absolute atomic E-state index is 12.3. The van der Waals surface area contributed by atoms with E-state index in [-0.39, 0.29) is 11.9 Å². The van der Waals surface area contributed by atoms with Crippen molar-refractivity contribution in [2.24, 2.45) is 5.92 Å². The molecule has 0 unspecified atom stereocenters. The van der Waals surface area contributed by atoms with E-state index in [1.807, 2.05) is 30.3 Å². The molecule has 0 aliphatic heterocycles. The number of ether oxygens (including phenoxy) is 1. The molecule has 1 aliphatic rings. The molecule has 1 fully saturated rings. The first-order valence-corrected chi connectivity index (χ1v) is 9.77. The lowest BCUT2D eigenvalue weighted by Gasteiger charge is -2.19. The summed E-state index contributed by atoms with van der Waals surface area (Å²) in [6.45, 7) is 0. The lowest BCUT2D eigenvalue weighted by Crippen LogP contribution is -2.22. The van der Waals surface area contributed by atoms with Gasteiger partial charge in [-0.15, -0.1) is 0 Å². The molecule has 0 bridgehead atoms. The van der Waals surface area contributed by atoms with Crippen molar-refractivity contribution < 1.29 is 9.53 Å². The molecule has 136 valence electrons. The molecule has 1 saturated carbocycles. The second kappa shape index (κ2) is 8.22. The number of carbonyl (C=O) groups excluding carboxylic acids is 1. The number of esters is 1. The van der Waals surface area contributed by atoms with E-state index in [1.165, 1.54) is 17.5 Å². The predicted octanol–water partition coefficient (Wildman–Crippen LogP) is 6.51. The molecule has 27 heavy (non-hydrogen) atoms. The van der Waals surface area contributed by atoms with Crippen molar-refractivity contribution >= 4 is 5.97 Å². The summed E-state index contributed by atoms with van der Waals surface area (Å²) in [5.41, 5.74) is 4.69. The fourth-order valence-corrected chi connectivity index (χ4v) is 3.74. The van der Waals surface area contributed by atoms with Crippen LogP contribution in [0.5, 0.6) is 5.75 Å². The van der Waals surface area contributed by atoms with E-state index < -0.39 is 0 Å². The lowest BCUT2D eigenvalue weighted by atomic mass is 9.89. The van der Waals surface area contributed by atoms with Gasteiger partial charge in [0.1, 0.15) is 5.75 Å². The largest absolute Gasteiger partial charge is 0.426 e. The van der Waals surface area contributed by atoms with E-state index in [1.54, 1.807) is 0 Å². The van der Waals surface area contributed by atoms with Crippen LogP contribution in [0.25, 0.3) is 22.3 Å². The Hall–Kier alpha value is -2.87. The minimum atomic E-state index is -0.0744. The first-order chi connectivity index (χ1) is 13.3. The molecule has 1 aliphatic carbocycles. The Bertz CT molecular complexity index is 874. The molecule has 4 rings (SSSR count). The van der Waals surface area contributed by atoms with Gasteiger partial charge in [0.15, 0.2) is 0 Å². The number of rotatable bonds is 4. The number of benzene rings is 3. The summed E-state index contributed by atoms with van der Waals surface area (Å²) >= 11 is 0. The van der Waals surface area contributed by atoms with Crippen LogP contribution in [-0.2, 0) is 4.79 Å². The summed E-state index contributed by atoms with van der Waals surface area (Å²) in [6.07, 6.45) is 5.44. The minimum Gasteiger partial charge on any atom is -0.426 e. The van der Waals surface area contributed by atoms with Gasteiger partial charge in [-0.1, -0.05) is 86.0 Å². The topological polar surface area (TPSA) is 26.3 Å². The Labute approximate surface area is 160 Å². The summed E-state index contributed by atoms with van der Waals surface area (Å²) in [5.74, 6) is 0.633. The van der Waals surface area contributed by atoms with Crippen molar-refractivity contribution in [2.45, 2.75) is 32.1 Å². The average molecular weight is 356 g/mol. The SMILES string of the molecule is O=C(Oc1ccc(-c2ccc(-c3ccccc3)cc2)cc1)C1CCCCC1. The van der Waals surface area contributed by atoms with Crippen LogP contribution in [0, 0.1) is 5.92 Å². The third-order valence-electron chi connectivity index (χ3n) is 5.34. The molecule has 3 aromatic rings. The highest BCUT2D eigenvalue weighted by molar-refractivity contribution is 5.76. The van der Waals surface area contributed by atoms with Gasteiger partial charge in [0.25, 0.3) is 0 Å². The Morgan fingerprint density at radius 3 is 1.67 bits per heavy atom. The van der Waals surface area contributed by atoms with E-state index >= 15 is 0 Å². The zero-order valence-corrected chi connectivity index (χ0v) is 15.4. The molecule has 2 heteroatoms. The average Bonchev–Trinajstić information content (AvgIpc) is 2.76. The van der Waals surface area contributed by atoms with E-state index in [4.69, 9.17) is 4.74 Å². The van der Waals surface area contributed by atoms with Gasteiger partial charge >= 0.3 is 5.97 Å². The molecule has 2 nitrogen and oxygen atoms in total. The normalized spacial score (nSPS) is 14.7. The third-order valence-corrected chi connectivity index (χ3v) is 5.34. The fourth-order valence-electron chi connectivity index (χ4n) is 3.74.